The summed E-state index contributed by atoms with van der Waals surface area (Å²) in [5, 5.41) is 14.1. The molecule has 2 aliphatic rings. The molecule has 1 aliphatic heterocycles. The molecule has 1 unspecified atom stereocenters. The van der Waals surface area contributed by atoms with Gasteiger partial charge >= 0.3 is 0 Å². The number of nitrogens with one attached hydrogen (secondary N) is 1. The number of non-ortho nitro benzene ring substituents is 1. The summed E-state index contributed by atoms with van der Waals surface area (Å²) in [6, 6.07) is 11.9. The molecule has 1 N–H and O–H groups in total. The van der Waals surface area contributed by atoms with Crippen molar-refractivity contribution in [1.29, 1.82) is 0 Å². The minimum atomic E-state index is -0.545. The topological polar surface area (TPSA) is 102 Å². The second-order valence-corrected chi connectivity index (χ2v) is 6.89. The Morgan fingerprint density at radius 3 is 2.93 bits per heavy atom. The van der Waals surface area contributed by atoms with Crippen molar-refractivity contribution in [3.63, 3.8) is 0 Å². The molecule has 0 spiro atoms. The van der Waals surface area contributed by atoms with Crippen LogP contribution >= 0.6 is 0 Å². The van der Waals surface area contributed by atoms with Gasteiger partial charge in [-0.3, -0.25) is 24.6 Å². The molecule has 2 aromatic rings. The molecule has 0 saturated carbocycles. The van der Waals surface area contributed by atoms with E-state index in [1.54, 1.807) is 0 Å². The highest BCUT2D eigenvalue weighted by atomic mass is 16.6. The second kappa shape index (κ2) is 7.30. The van der Waals surface area contributed by atoms with Crippen LogP contribution < -0.4 is 15.0 Å². The lowest BCUT2D eigenvalue weighted by Crippen LogP contribution is -2.46. The molecule has 0 radical (unpaired) electrons. The van der Waals surface area contributed by atoms with E-state index in [0.717, 1.165) is 24.8 Å². The van der Waals surface area contributed by atoms with Crippen LogP contribution in [0.5, 0.6) is 5.75 Å². The monoisotopic (exact) mass is 381 g/mol. The van der Waals surface area contributed by atoms with E-state index < -0.39 is 10.8 Å². The van der Waals surface area contributed by atoms with E-state index in [9.17, 15) is 19.7 Å². The molecule has 0 bridgehead atoms. The van der Waals surface area contributed by atoms with E-state index in [1.165, 1.54) is 28.7 Å². The number of benzene rings is 2. The molecule has 28 heavy (non-hydrogen) atoms. The largest absolute Gasteiger partial charge is 0.482 e. The van der Waals surface area contributed by atoms with Crippen LogP contribution in [-0.4, -0.2) is 29.9 Å². The zero-order chi connectivity index (χ0) is 19.7. The molecular formula is C20H19N3O5. The minimum Gasteiger partial charge on any atom is -0.482 e. The molecule has 1 atom stereocenters. The zero-order valence-electron chi connectivity index (χ0n) is 15.1. The van der Waals surface area contributed by atoms with Gasteiger partial charge in [-0.25, -0.2) is 0 Å². The van der Waals surface area contributed by atoms with Crippen molar-refractivity contribution >= 4 is 23.2 Å². The molecule has 8 nitrogen and oxygen atoms in total. The fourth-order valence-electron chi connectivity index (χ4n) is 3.76. The van der Waals surface area contributed by atoms with Crippen molar-refractivity contribution in [2.45, 2.75) is 25.3 Å². The summed E-state index contributed by atoms with van der Waals surface area (Å²) < 4.78 is 5.33. The van der Waals surface area contributed by atoms with Gasteiger partial charge in [0.1, 0.15) is 12.3 Å². The first-order valence-electron chi connectivity index (χ1n) is 9.11. The molecule has 2 amide bonds. The first-order valence-corrected chi connectivity index (χ1v) is 9.11. The average molecular weight is 381 g/mol. The Morgan fingerprint density at radius 1 is 1.29 bits per heavy atom. The Hall–Kier alpha value is -3.42. The Morgan fingerprint density at radius 2 is 2.11 bits per heavy atom. The molecule has 144 valence electrons. The quantitative estimate of drug-likeness (QED) is 0.648. The van der Waals surface area contributed by atoms with Gasteiger partial charge in [0.2, 0.25) is 5.91 Å². The summed E-state index contributed by atoms with van der Waals surface area (Å²) >= 11 is 0. The number of hydrogen-bond donors (Lipinski definition) is 1. The summed E-state index contributed by atoms with van der Waals surface area (Å²) in [5.74, 6) is -0.373. The smallest absolute Gasteiger partial charge is 0.271 e. The fourth-order valence-corrected chi connectivity index (χ4v) is 3.76. The highest BCUT2D eigenvalue weighted by molar-refractivity contribution is 6.02. The van der Waals surface area contributed by atoms with E-state index in [4.69, 9.17) is 4.74 Å². The van der Waals surface area contributed by atoms with Gasteiger partial charge in [0.15, 0.2) is 6.61 Å². The lowest BCUT2D eigenvalue weighted by molar-refractivity contribution is -0.384. The Balaban J connectivity index is 1.53. The number of hydrogen-bond acceptors (Lipinski definition) is 5. The third kappa shape index (κ3) is 3.40. The van der Waals surface area contributed by atoms with Gasteiger partial charge in [-0.05, 0) is 36.5 Å². The molecule has 0 saturated heterocycles. The van der Waals surface area contributed by atoms with E-state index in [2.05, 4.69) is 11.4 Å². The fraction of sp³-hybridized carbons (Fsp3) is 0.300. The lowest BCUT2D eigenvalue weighted by Gasteiger charge is -2.30. The van der Waals surface area contributed by atoms with Crippen molar-refractivity contribution in [2.24, 2.45) is 0 Å². The first-order chi connectivity index (χ1) is 13.5. The lowest BCUT2D eigenvalue weighted by atomic mass is 9.88. The van der Waals surface area contributed by atoms with Gasteiger partial charge in [-0.2, -0.15) is 0 Å². The first kappa shape index (κ1) is 18.0. The number of carbonyl (C=O) groups excluding carboxylic acids is 2. The maximum absolute atomic E-state index is 12.7. The highest BCUT2D eigenvalue weighted by Crippen LogP contribution is 2.35. The number of fused-ring (bicyclic) bond motifs is 2. The number of ether oxygens (including phenoxy) is 1. The Bertz CT molecular complexity index is 959. The highest BCUT2D eigenvalue weighted by Gasteiger charge is 2.30. The maximum atomic E-state index is 12.7. The summed E-state index contributed by atoms with van der Waals surface area (Å²) in [7, 11) is 0. The van der Waals surface area contributed by atoms with Crippen molar-refractivity contribution in [3.8, 4) is 5.75 Å². The SMILES string of the molecule is O=C(CN1C(=O)COc2ccc([N+](=O)[O-])cc21)NC1CCCc2ccccc21. The van der Waals surface area contributed by atoms with Gasteiger partial charge in [0, 0.05) is 12.1 Å². The molecule has 2 aromatic carbocycles. The van der Waals surface area contributed by atoms with Crippen LogP contribution in [0.4, 0.5) is 11.4 Å². The average Bonchev–Trinajstić information content (AvgIpc) is 2.70. The van der Waals surface area contributed by atoms with Crippen LogP contribution in [0.3, 0.4) is 0 Å². The molecule has 4 rings (SSSR count). The maximum Gasteiger partial charge on any atom is 0.271 e. The van der Waals surface area contributed by atoms with Crippen LogP contribution in [0.1, 0.15) is 30.0 Å². The molecule has 0 aromatic heterocycles. The van der Waals surface area contributed by atoms with Crippen LogP contribution in [0.2, 0.25) is 0 Å². The second-order valence-electron chi connectivity index (χ2n) is 6.89. The number of anilines is 1. The summed E-state index contributed by atoms with van der Waals surface area (Å²) in [6.07, 6.45) is 2.80. The van der Waals surface area contributed by atoms with Gasteiger partial charge in [-0.1, -0.05) is 24.3 Å². The Kier molecular flexibility index (Phi) is 4.68. The zero-order valence-corrected chi connectivity index (χ0v) is 15.1. The summed E-state index contributed by atoms with van der Waals surface area (Å²) in [6.45, 7) is -0.417. The van der Waals surface area contributed by atoms with E-state index in [1.807, 2.05) is 18.2 Å². The van der Waals surface area contributed by atoms with Crippen molar-refractivity contribution in [1.82, 2.24) is 5.32 Å². The van der Waals surface area contributed by atoms with Gasteiger partial charge in [-0.15, -0.1) is 0 Å². The van der Waals surface area contributed by atoms with Gasteiger partial charge in [0.05, 0.1) is 16.7 Å². The number of nitro benzene ring substituents is 1. The number of nitrogens with zero attached hydrogens (tertiary/aromatic N) is 2. The Labute approximate surface area is 161 Å². The predicted octanol–water partition coefficient (Wildman–Crippen LogP) is 2.51. The summed E-state index contributed by atoms with van der Waals surface area (Å²) in [4.78, 5) is 36.8. The van der Waals surface area contributed by atoms with Crippen LogP contribution in [-0.2, 0) is 16.0 Å². The predicted molar refractivity (Wildman–Crippen MR) is 101 cm³/mol. The van der Waals surface area contributed by atoms with Crippen LogP contribution in [0.15, 0.2) is 42.5 Å². The van der Waals surface area contributed by atoms with Crippen molar-refractivity contribution in [3.05, 3.63) is 63.7 Å². The van der Waals surface area contributed by atoms with Crippen molar-refractivity contribution in [2.75, 3.05) is 18.1 Å². The molecule has 1 aliphatic carbocycles. The normalized spacial score (nSPS) is 17.9. The number of nitro groups is 1. The van der Waals surface area contributed by atoms with Crippen LogP contribution in [0, 0.1) is 10.1 Å². The van der Waals surface area contributed by atoms with E-state index >= 15 is 0 Å². The summed E-state index contributed by atoms with van der Waals surface area (Å²) in [5.41, 5.74) is 2.40. The molecular weight excluding hydrogens is 362 g/mol. The van der Waals surface area contributed by atoms with Gasteiger partial charge < -0.3 is 10.1 Å². The molecule has 0 fully saturated rings. The van der Waals surface area contributed by atoms with E-state index in [-0.39, 0.29) is 36.5 Å². The molecule has 1 heterocycles. The van der Waals surface area contributed by atoms with E-state index in [0.29, 0.717) is 5.75 Å². The number of aryl methyl sites for hydroxylation is 1. The molecule has 8 heteroatoms. The third-order valence-corrected chi connectivity index (χ3v) is 5.10. The third-order valence-electron chi connectivity index (χ3n) is 5.10. The number of rotatable bonds is 4. The van der Waals surface area contributed by atoms with Crippen LogP contribution in [0.25, 0.3) is 0 Å². The van der Waals surface area contributed by atoms with Gasteiger partial charge in [0.25, 0.3) is 11.6 Å². The number of carbonyl (C=O) groups is 2. The van der Waals surface area contributed by atoms with Crippen molar-refractivity contribution < 1.29 is 19.2 Å². The number of amides is 2. The minimum absolute atomic E-state index is 0.0989. The standard InChI is InChI=1S/C20H19N3O5/c24-19(21-16-7-3-5-13-4-1-2-6-15(13)16)11-22-17-10-14(23(26)27)8-9-18(17)28-12-20(22)25/h1-2,4,6,8-10,16H,3,5,7,11-12H2,(H,21,24).